The summed E-state index contributed by atoms with van der Waals surface area (Å²) in [6, 6.07) is 11.1. The molecule has 0 bridgehead atoms. The number of ketones is 1. The lowest BCUT2D eigenvalue weighted by Crippen LogP contribution is -2.42. The fourth-order valence-electron chi connectivity index (χ4n) is 5.29. The number of oxime groups is 1. The number of Topliss-reactive ketones (excluding diaryl/α,β-unsaturated/α-hetero) is 1. The zero-order valence-corrected chi connectivity index (χ0v) is 28.5. The summed E-state index contributed by atoms with van der Waals surface area (Å²) in [5.41, 5.74) is 1.30. The molecular formula is C35H51N5O6. The molecule has 2 aromatic rings. The van der Waals surface area contributed by atoms with Crippen LogP contribution in [0, 0.1) is 11.8 Å². The van der Waals surface area contributed by atoms with E-state index in [-0.39, 0.29) is 18.0 Å². The molecule has 2 amide bonds. The van der Waals surface area contributed by atoms with Gasteiger partial charge < -0.3 is 24.1 Å². The Labute approximate surface area is 273 Å². The predicted molar refractivity (Wildman–Crippen MR) is 177 cm³/mol. The third-order valence-electron chi connectivity index (χ3n) is 7.60. The van der Waals surface area contributed by atoms with Crippen LogP contribution in [-0.2, 0) is 14.3 Å². The first-order valence-electron chi connectivity index (χ1n) is 16.2. The molecule has 46 heavy (non-hydrogen) atoms. The van der Waals surface area contributed by atoms with Gasteiger partial charge in [0.25, 0.3) is 0 Å². The van der Waals surface area contributed by atoms with Crippen LogP contribution in [0.2, 0.25) is 0 Å². The van der Waals surface area contributed by atoms with E-state index >= 15 is 0 Å². The fraction of sp³-hybridized carbons (Fsp3) is 0.600. The molecule has 0 aromatic carbocycles. The zero-order valence-electron chi connectivity index (χ0n) is 28.5. The maximum Gasteiger partial charge on any atom is 0.410 e. The number of carbonyl (C=O) groups excluding carboxylic acids is 3. The molecule has 11 nitrogen and oxygen atoms in total. The van der Waals surface area contributed by atoms with Gasteiger partial charge in [-0.2, -0.15) is 0 Å². The number of pyridine rings is 2. The quantitative estimate of drug-likeness (QED) is 0.185. The van der Waals surface area contributed by atoms with E-state index in [9.17, 15) is 14.4 Å². The molecule has 2 aromatic heterocycles. The first kappa shape index (κ1) is 36.4. The zero-order chi connectivity index (χ0) is 33.7. The minimum absolute atomic E-state index is 0.0799. The Morgan fingerprint density at radius 3 is 1.54 bits per heavy atom. The molecule has 2 fully saturated rings. The molecule has 0 atom stereocenters. The third-order valence-corrected chi connectivity index (χ3v) is 7.60. The molecule has 2 aliphatic rings. The van der Waals surface area contributed by atoms with Crippen molar-refractivity contribution >= 4 is 23.7 Å². The molecule has 252 valence electrons. The second-order valence-electron chi connectivity index (χ2n) is 13.8. The highest BCUT2D eigenvalue weighted by Crippen LogP contribution is 2.25. The van der Waals surface area contributed by atoms with Crippen LogP contribution in [0.25, 0.3) is 0 Å². The second-order valence-corrected chi connectivity index (χ2v) is 13.8. The van der Waals surface area contributed by atoms with Gasteiger partial charge in [-0.05, 0) is 110 Å². The first-order chi connectivity index (χ1) is 21.7. The van der Waals surface area contributed by atoms with Gasteiger partial charge in [-0.1, -0.05) is 17.3 Å². The Balaban J connectivity index is 0.000000251. The smallest absolute Gasteiger partial charge is 0.410 e. The minimum Gasteiger partial charge on any atom is -0.444 e. The minimum atomic E-state index is -0.469. The van der Waals surface area contributed by atoms with Crippen molar-refractivity contribution in [3.63, 3.8) is 0 Å². The standard InChI is InChI=1S/C18H27N3O3.C17H24N2O3/c1-18(2,3)24-17(22)21-11-8-14(9-12-21)13-16(20-23-4)15-7-5-6-10-19-15;1-17(2,3)22-16(21)19-10-7-13(8-11-19)12-15(20)14-6-4-5-9-18-14/h5-7,10,14H,8-9,11-13H2,1-4H3;4-6,9,13H,7-8,10-12H2,1-3H3. The summed E-state index contributed by atoms with van der Waals surface area (Å²) in [5, 5.41) is 4.14. The molecule has 0 unspecified atom stereocenters. The highest BCUT2D eigenvalue weighted by atomic mass is 16.6. The van der Waals surface area contributed by atoms with E-state index in [1.54, 1.807) is 41.4 Å². The highest BCUT2D eigenvalue weighted by molar-refractivity contribution is 5.98. The van der Waals surface area contributed by atoms with E-state index in [0.29, 0.717) is 50.1 Å². The third kappa shape index (κ3) is 12.8. The van der Waals surface area contributed by atoms with E-state index in [1.165, 1.54) is 0 Å². The number of aromatic nitrogens is 2. The molecule has 4 heterocycles. The molecule has 2 aliphatic heterocycles. The molecule has 11 heteroatoms. The van der Waals surface area contributed by atoms with Gasteiger partial charge in [0.2, 0.25) is 0 Å². The number of nitrogens with zero attached hydrogens (tertiary/aromatic N) is 5. The van der Waals surface area contributed by atoms with Crippen molar-refractivity contribution in [2.75, 3.05) is 33.3 Å². The van der Waals surface area contributed by atoms with Crippen molar-refractivity contribution < 1.29 is 28.7 Å². The fourth-order valence-corrected chi connectivity index (χ4v) is 5.29. The normalized spacial score (nSPS) is 16.6. The molecular weight excluding hydrogens is 586 g/mol. The molecule has 0 spiro atoms. The Kier molecular flexibility index (Phi) is 13.5. The Bertz CT molecular complexity index is 1270. The maximum absolute atomic E-state index is 12.1. The van der Waals surface area contributed by atoms with Crippen molar-refractivity contribution in [2.24, 2.45) is 17.0 Å². The molecule has 0 N–H and O–H groups in total. The maximum atomic E-state index is 12.1. The van der Waals surface area contributed by atoms with Crippen LogP contribution in [0.3, 0.4) is 0 Å². The van der Waals surface area contributed by atoms with Crippen molar-refractivity contribution in [2.45, 2.75) is 91.3 Å². The summed E-state index contributed by atoms with van der Waals surface area (Å²) in [7, 11) is 1.55. The monoisotopic (exact) mass is 637 g/mol. The SMILES string of the molecule is CC(C)(C)OC(=O)N1CCC(CC(=O)c2ccccn2)CC1.CON=C(CC1CCN(C(=O)OC(C)(C)C)CC1)c1ccccn1. The van der Waals surface area contributed by atoms with E-state index in [0.717, 1.165) is 43.5 Å². The number of carbonyl (C=O) groups is 3. The van der Waals surface area contributed by atoms with Gasteiger partial charge >= 0.3 is 12.2 Å². The van der Waals surface area contributed by atoms with Gasteiger partial charge in [-0.25, -0.2) is 9.59 Å². The van der Waals surface area contributed by atoms with Crippen LogP contribution in [-0.4, -0.2) is 87.9 Å². The predicted octanol–water partition coefficient (Wildman–Crippen LogP) is 6.77. The van der Waals surface area contributed by atoms with Crippen LogP contribution in [0.4, 0.5) is 9.59 Å². The van der Waals surface area contributed by atoms with Gasteiger partial charge in [-0.15, -0.1) is 0 Å². The van der Waals surface area contributed by atoms with Crippen molar-refractivity contribution in [3.05, 3.63) is 60.2 Å². The molecule has 2 saturated heterocycles. The van der Waals surface area contributed by atoms with Crippen LogP contribution >= 0.6 is 0 Å². The van der Waals surface area contributed by atoms with Crippen molar-refractivity contribution in [3.8, 4) is 0 Å². The first-order valence-corrected chi connectivity index (χ1v) is 16.2. The number of rotatable bonds is 7. The number of hydrogen-bond donors (Lipinski definition) is 0. The topological polar surface area (TPSA) is 124 Å². The average molecular weight is 638 g/mol. The lowest BCUT2D eigenvalue weighted by molar-refractivity contribution is 0.0173. The molecule has 0 saturated carbocycles. The summed E-state index contributed by atoms with van der Waals surface area (Å²) in [5.74, 6) is 0.851. The summed E-state index contributed by atoms with van der Waals surface area (Å²) in [4.78, 5) is 53.2. The number of amides is 2. The van der Waals surface area contributed by atoms with Crippen LogP contribution < -0.4 is 0 Å². The van der Waals surface area contributed by atoms with Crippen molar-refractivity contribution in [1.82, 2.24) is 19.8 Å². The van der Waals surface area contributed by atoms with Crippen LogP contribution in [0.15, 0.2) is 53.9 Å². The summed E-state index contributed by atoms with van der Waals surface area (Å²) >= 11 is 0. The number of hydrogen-bond acceptors (Lipinski definition) is 9. The van der Waals surface area contributed by atoms with E-state index in [2.05, 4.69) is 15.1 Å². The van der Waals surface area contributed by atoms with Gasteiger partial charge in [-0.3, -0.25) is 14.8 Å². The van der Waals surface area contributed by atoms with Gasteiger partial charge in [0.15, 0.2) is 5.78 Å². The van der Waals surface area contributed by atoms with E-state index in [1.807, 2.05) is 65.8 Å². The van der Waals surface area contributed by atoms with Crippen LogP contribution in [0.5, 0.6) is 0 Å². The van der Waals surface area contributed by atoms with E-state index < -0.39 is 11.2 Å². The highest BCUT2D eigenvalue weighted by Gasteiger charge is 2.29. The number of piperidine rings is 2. The molecule has 4 rings (SSSR count). The Morgan fingerprint density at radius 2 is 1.15 bits per heavy atom. The molecule has 0 radical (unpaired) electrons. The Morgan fingerprint density at radius 1 is 0.717 bits per heavy atom. The van der Waals surface area contributed by atoms with Gasteiger partial charge in [0.05, 0.1) is 5.69 Å². The average Bonchev–Trinajstić information content (AvgIpc) is 3.01. The summed E-state index contributed by atoms with van der Waals surface area (Å²) < 4.78 is 10.8. The van der Waals surface area contributed by atoms with Crippen molar-refractivity contribution in [1.29, 1.82) is 0 Å². The lowest BCUT2D eigenvalue weighted by Gasteiger charge is -2.33. The number of likely N-dealkylation sites (tertiary alicyclic amines) is 2. The van der Waals surface area contributed by atoms with Gasteiger partial charge in [0.1, 0.15) is 29.7 Å². The van der Waals surface area contributed by atoms with E-state index in [4.69, 9.17) is 14.3 Å². The Hall–Kier alpha value is -4.02. The van der Waals surface area contributed by atoms with Gasteiger partial charge in [0, 0.05) is 45.0 Å². The van der Waals surface area contributed by atoms with Crippen LogP contribution in [0.1, 0.15) is 96.2 Å². The largest absolute Gasteiger partial charge is 0.444 e. The lowest BCUT2D eigenvalue weighted by atomic mass is 9.90. The second kappa shape index (κ2) is 17.1. The summed E-state index contributed by atoms with van der Waals surface area (Å²) in [6.45, 7) is 14.0. The number of ether oxygens (including phenoxy) is 2. The molecule has 0 aliphatic carbocycles. The summed E-state index contributed by atoms with van der Waals surface area (Å²) in [6.07, 6.45) is 7.72.